The molecule has 0 N–H and O–H groups in total. The number of halogens is 1. The van der Waals surface area contributed by atoms with E-state index in [-0.39, 0.29) is 0 Å². The van der Waals surface area contributed by atoms with E-state index in [0.717, 1.165) is 41.9 Å². The smallest absolute Gasteiger partial charge is 0.123 e. The van der Waals surface area contributed by atoms with Gasteiger partial charge in [0.25, 0.3) is 0 Å². The van der Waals surface area contributed by atoms with Gasteiger partial charge < -0.3 is 14.5 Å². The first-order valence-electron chi connectivity index (χ1n) is 6.23. The van der Waals surface area contributed by atoms with Gasteiger partial charge in [-0.15, -0.1) is 0 Å². The molecule has 102 valence electrons. The van der Waals surface area contributed by atoms with Gasteiger partial charge in [-0.3, -0.25) is 0 Å². The molecule has 1 rings (SSSR count). The second-order valence-corrected chi connectivity index (χ2v) is 5.51. The zero-order valence-corrected chi connectivity index (χ0v) is 13.3. The summed E-state index contributed by atoms with van der Waals surface area (Å²) in [5.41, 5.74) is 2.33. The van der Waals surface area contributed by atoms with Crippen molar-refractivity contribution in [2.75, 3.05) is 49.9 Å². The van der Waals surface area contributed by atoms with Crippen LogP contribution in [0.5, 0.6) is 5.75 Å². The highest BCUT2D eigenvalue weighted by molar-refractivity contribution is 9.09. The average molecular weight is 315 g/mol. The van der Waals surface area contributed by atoms with Gasteiger partial charge in [-0.1, -0.05) is 15.9 Å². The van der Waals surface area contributed by atoms with Gasteiger partial charge in [0.2, 0.25) is 0 Å². The normalized spacial score (nSPS) is 10.3. The zero-order chi connectivity index (χ0) is 13.5. The quantitative estimate of drug-likeness (QED) is 0.567. The highest BCUT2D eigenvalue weighted by Crippen LogP contribution is 2.27. The van der Waals surface area contributed by atoms with Crippen molar-refractivity contribution in [2.24, 2.45) is 0 Å². The lowest BCUT2D eigenvalue weighted by Crippen LogP contribution is -2.13. The largest absolute Gasteiger partial charge is 0.493 e. The summed E-state index contributed by atoms with van der Waals surface area (Å²) in [6, 6.07) is 6.33. The predicted molar refractivity (Wildman–Crippen MR) is 83.6 cm³/mol. The van der Waals surface area contributed by atoms with E-state index < -0.39 is 0 Å². The highest BCUT2D eigenvalue weighted by atomic mass is 79.9. The number of ether oxygens (including phenoxy) is 1. The van der Waals surface area contributed by atoms with Crippen molar-refractivity contribution in [1.82, 2.24) is 0 Å². The van der Waals surface area contributed by atoms with Gasteiger partial charge in [0, 0.05) is 57.0 Å². The summed E-state index contributed by atoms with van der Waals surface area (Å²) < 4.78 is 5.82. The van der Waals surface area contributed by atoms with Crippen LogP contribution in [0.2, 0.25) is 0 Å². The third kappa shape index (κ3) is 4.77. The molecule has 0 amide bonds. The lowest BCUT2D eigenvalue weighted by Gasteiger charge is -2.20. The maximum Gasteiger partial charge on any atom is 0.123 e. The van der Waals surface area contributed by atoms with E-state index in [1.54, 1.807) is 0 Å². The molecule has 1 aromatic carbocycles. The van der Waals surface area contributed by atoms with E-state index in [0.29, 0.717) is 0 Å². The van der Waals surface area contributed by atoms with Gasteiger partial charge in [-0.05, 0) is 18.9 Å². The molecule has 0 fully saturated rings. The Hall–Kier alpha value is -0.900. The third-order valence-electron chi connectivity index (χ3n) is 2.71. The van der Waals surface area contributed by atoms with Crippen LogP contribution in [0.25, 0.3) is 0 Å². The standard InChI is InChI=1S/C14H23BrN2O/c1-16(2)12-9-13(17(3)4)11-14(10-12)18-8-6-5-7-15/h9-11H,5-8H2,1-4H3. The first kappa shape index (κ1) is 15.2. The summed E-state index contributed by atoms with van der Waals surface area (Å²) in [4.78, 5) is 4.19. The number of hydrogen-bond acceptors (Lipinski definition) is 3. The molecule has 0 aliphatic carbocycles. The Morgan fingerprint density at radius 1 is 0.944 bits per heavy atom. The predicted octanol–water partition coefficient (Wildman–Crippen LogP) is 3.37. The van der Waals surface area contributed by atoms with Crippen LogP contribution >= 0.6 is 15.9 Å². The van der Waals surface area contributed by atoms with Crippen LogP contribution in [0.15, 0.2) is 18.2 Å². The fraction of sp³-hybridized carbons (Fsp3) is 0.571. The van der Waals surface area contributed by atoms with Crippen LogP contribution in [-0.4, -0.2) is 40.1 Å². The molecular weight excluding hydrogens is 292 g/mol. The Morgan fingerprint density at radius 3 is 1.94 bits per heavy atom. The molecule has 18 heavy (non-hydrogen) atoms. The molecule has 3 nitrogen and oxygen atoms in total. The summed E-state index contributed by atoms with van der Waals surface area (Å²) in [6.07, 6.45) is 2.22. The van der Waals surface area contributed by atoms with E-state index in [1.807, 2.05) is 28.2 Å². The molecule has 0 bridgehead atoms. The maximum atomic E-state index is 5.82. The molecule has 0 aliphatic heterocycles. The van der Waals surface area contributed by atoms with Crippen LogP contribution in [0.4, 0.5) is 11.4 Å². The summed E-state index contributed by atoms with van der Waals surface area (Å²) in [6.45, 7) is 0.773. The van der Waals surface area contributed by atoms with E-state index in [4.69, 9.17) is 4.74 Å². The number of rotatable bonds is 7. The minimum Gasteiger partial charge on any atom is -0.493 e. The maximum absolute atomic E-state index is 5.82. The van der Waals surface area contributed by atoms with E-state index in [1.165, 1.54) is 0 Å². The number of unbranched alkanes of at least 4 members (excludes halogenated alkanes) is 1. The number of nitrogens with zero attached hydrogens (tertiary/aromatic N) is 2. The number of benzene rings is 1. The fourth-order valence-corrected chi connectivity index (χ4v) is 1.95. The van der Waals surface area contributed by atoms with E-state index >= 15 is 0 Å². The number of hydrogen-bond donors (Lipinski definition) is 0. The Bertz CT molecular complexity index is 341. The first-order chi connectivity index (χ1) is 8.54. The third-order valence-corrected chi connectivity index (χ3v) is 3.27. The van der Waals surface area contributed by atoms with Crippen molar-refractivity contribution >= 4 is 27.3 Å². The van der Waals surface area contributed by atoms with Crippen molar-refractivity contribution < 1.29 is 4.74 Å². The van der Waals surface area contributed by atoms with Gasteiger partial charge in [-0.2, -0.15) is 0 Å². The SMILES string of the molecule is CN(C)c1cc(OCCCCBr)cc(N(C)C)c1. The molecule has 1 aromatic rings. The molecule has 0 radical (unpaired) electrons. The summed E-state index contributed by atoms with van der Waals surface area (Å²) >= 11 is 3.43. The van der Waals surface area contributed by atoms with Gasteiger partial charge >= 0.3 is 0 Å². The van der Waals surface area contributed by atoms with Gasteiger partial charge in [0.05, 0.1) is 6.61 Å². The molecule has 0 saturated carbocycles. The lowest BCUT2D eigenvalue weighted by atomic mass is 10.2. The monoisotopic (exact) mass is 314 g/mol. The van der Waals surface area contributed by atoms with Crippen LogP contribution in [0.1, 0.15) is 12.8 Å². The van der Waals surface area contributed by atoms with E-state index in [9.17, 15) is 0 Å². The van der Waals surface area contributed by atoms with Crippen molar-refractivity contribution in [1.29, 1.82) is 0 Å². The van der Waals surface area contributed by atoms with Crippen molar-refractivity contribution in [3.63, 3.8) is 0 Å². The fourth-order valence-electron chi connectivity index (χ4n) is 1.55. The van der Waals surface area contributed by atoms with Crippen LogP contribution in [0, 0.1) is 0 Å². The second kappa shape index (κ2) is 7.52. The molecule has 0 atom stereocenters. The molecule has 0 spiro atoms. The highest BCUT2D eigenvalue weighted by Gasteiger charge is 2.05. The molecule has 4 heteroatoms. The van der Waals surface area contributed by atoms with Crippen molar-refractivity contribution in [2.45, 2.75) is 12.8 Å². The van der Waals surface area contributed by atoms with Gasteiger partial charge in [0.15, 0.2) is 0 Å². The van der Waals surface area contributed by atoms with Crippen molar-refractivity contribution in [3.05, 3.63) is 18.2 Å². The Kier molecular flexibility index (Phi) is 6.33. The first-order valence-corrected chi connectivity index (χ1v) is 7.35. The Balaban J connectivity index is 2.76. The van der Waals surface area contributed by atoms with Crippen LogP contribution < -0.4 is 14.5 Å². The molecule has 0 saturated heterocycles. The second-order valence-electron chi connectivity index (χ2n) is 4.72. The van der Waals surface area contributed by atoms with Crippen LogP contribution in [0.3, 0.4) is 0 Å². The average Bonchev–Trinajstić information content (AvgIpc) is 2.34. The van der Waals surface area contributed by atoms with Gasteiger partial charge in [0.1, 0.15) is 5.75 Å². The topological polar surface area (TPSA) is 15.7 Å². The van der Waals surface area contributed by atoms with Crippen molar-refractivity contribution in [3.8, 4) is 5.75 Å². The lowest BCUT2D eigenvalue weighted by molar-refractivity contribution is 0.310. The molecule has 0 aliphatic rings. The Morgan fingerprint density at radius 2 is 1.50 bits per heavy atom. The minimum absolute atomic E-state index is 0.773. The Labute approximate surface area is 119 Å². The van der Waals surface area contributed by atoms with Crippen LogP contribution in [-0.2, 0) is 0 Å². The zero-order valence-electron chi connectivity index (χ0n) is 11.7. The summed E-state index contributed by atoms with van der Waals surface area (Å²) in [5, 5.41) is 1.04. The van der Waals surface area contributed by atoms with E-state index in [2.05, 4.69) is 43.9 Å². The molecular formula is C14H23BrN2O. The number of alkyl halides is 1. The summed E-state index contributed by atoms with van der Waals surface area (Å²) in [7, 11) is 8.18. The molecule has 0 heterocycles. The molecule has 0 unspecified atom stereocenters. The summed E-state index contributed by atoms with van der Waals surface area (Å²) in [5.74, 6) is 0.944. The van der Waals surface area contributed by atoms with Gasteiger partial charge in [-0.25, -0.2) is 0 Å². The number of anilines is 2. The molecule has 0 aromatic heterocycles. The minimum atomic E-state index is 0.773.